The zero-order valence-electron chi connectivity index (χ0n) is 12.0. The second-order valence-corrected chi connectivity index (χ2v) is 6.00. The summed E-state index contributed by atoms with van der Waals surface area (Å²) in [6.45, 7) is 7.70. The lowest BCUT2D eigenvalue weighted by atomic mass is 10.1. The first-order valence-electron chi connectivity index (χ1n) is 7.19. The second-order valence-electron chi connectivity index (χ2n) is 4.78. The van der Waals surface area contributed by atoms with Gasteiger partial charge in [0.05, 0.1) is 0 Å². The highest BCUT2D eigenvalue weighted by Crippen LogP contribution is 2.09. The van der Waals surface area contributed by atoms with Gasteiger partial charge in [-0.2, -0.15) is 11.8 Å². The van der Waals surface area contributed by atoms with Gasteiger partial charge >= 0.3 is 0 Å². The monoisotopic (exact) mass is 294 g/mol. The van der Waals surface area contributed by atoms with Crippen LogP contribution in [0.25, 0.3) is 0 Å². The van der Waals surface area contributed by atoms with E-state index in [2.05, 4.69) is 24.0 Å². The van der Waals surface area contributed by atoms with Crippen molar-refractivity contribution in [2.24, 2.45) is 4.99 Å². The van der Waals surface area contributed by atoms with E-state index in [1.54, 1.807) is 11.8 Å². The molecule has 114 valence electrons. The predicted octanol–water partition coefficient (Wildman–Crippen LogP) is 4.00. The number of rotatable bonds is 14. The highest BCUT2D eigenvalue weighted by molar-refractivity contribution is 7.99. The molecule has 0 bridgehead atoms. The van der Waals surface area contributed by atoms with Crippen LogP contribution in [0.5, 0.6) is 0 Å². The van der Waals surface area contributed by atoms with Gasteiger partial charge in [0.1, 0.15) is 0 Å². The highest BCUT2D eigenvalue weighted by Gasteiger charge is 2.01. The summed E-state index contributed by atoms with van der Waals surface area (Å²) in [5.41, 5.74) is 0. The van der Waals surface area contributed by atoms with E-state index in [0.717, 1.165) is 37.4 Å². The van der Waals surface area contributed by atoms with Crippen LogP contribution in [0.2, 0.25) is 0 Å². The van der Waals surface area contributed by atoms with Crippen LogP contribution in [-0.4, -0.2) is 43.8 Å². The summed E-state index contributed by atoms with van der Waals surface area (Å²) in [6.07, 6.45) is 3.14. The Hall–Kier alpha value is -0.160. The molecular weight excluding hydrogens is 266 g/mol. The van der Waals surface area contributed by atoms with Crippen LogP contribution >= 0.6 is 11.8 Å². The van der Waals surface area contributed by atoms with Gasteiger partial charge in [-0.15, -0.1) is 0 Å². The lowest BCUT2D eigenvalue weighted by molar-refractivity contribution is 0.137. The number of thioether (sulfide) groups is 1. The highest BCUT2D eigenvalue weighted by atomic mass is 32.2. The molecule has 1 atom stereocenters. The van der Waals surface area contributed by atoms with Gasteiger partial charge in [0, 0.05) is 12.5 Å². The minimum Gasteiger partial charge on any atom is -0.317 e. The van der Waals surface area contributed by atoms with Crippen molar-refractivity contribution in [2.75, 3.05) is 24.6 Å². The zero-order chi connectivity index (χ0) is 14.3. The SMILES string of the molecule is C=NC(C)CCCCNCCCSCCCC(F)F. The fourth-order valence-electron chi connectivity index (χ4n) is 1.65. The van der Waals surface area contributed by atoms with Crippen molar-refractivity contribution in [3.8, 4) is 0 Å². The number of aliphatic imine (C=N–C) groups is 1. The number of hydrogen-bond acceptors (Lipinski definition) is 3. The zero-order valence-corrected chi connectivity index (χ0v) is 12.9. The summed E-state index contributed by atoms with van der Waals surface area (Å²) in [5.74, 6) is 1.92. The third kappa shape index (κ3) is 15.8. The first kappa shape index (κ1) is 18.8. The van der Waals surface area contributed by atoms with Crippen LogP contribution in [0.3, 0.4) is 0 Å². The molecule has 0 radical (unpaired) electrons. The predicted molar refractivity (Wildman–Crippen MR) is 82.9 cm³/mol. The Balaban J connectivity index is 3.01. The van der Waals surface area contributed by atoms with Crippen molar-refractivity contribution < 1.29 is 8.78 Å². The molecule has 1 unspecified atom stereocenters. The van der Waals surface area contributed by atoms with Crippen LogP contribution in [0, 0.1) is 0 Å². The Labute approximate surface area is 120 Å². The second kappa shape index (κ2) is 14.3. The van der Waals surface area contributed by atoms with Gasteiger partial charge in [0.25, 0.3) is 0 Å². The number of halogens is 2. The van der Waals surface area contributed by atoms with E-state index in [1.165, 1.54) is 12.8 Å². The number of alkyl halides is 2. The van der Waals surface area contributed by atoms with E-state index in [1.807, 2.05) is 0 Å². The Bertz CT molecular complexity index is 204. The lowest BCUT2D eigenvalue weighted by Crippen LogP contribution is -2.17. The third-order valence-electron chi connectivity index (χ3n) is 2.89. The molecule has 0 rings (SSSR count). The third-order valence-corrected chi connectivity index (χ3v) is 4.05. The van der Waals surface area contributed by atoms with E-state index < -0.39 is 6.43 Å². The van der Waals surface area contributed by atoms with E-state index in [9.17, 15) is 8.78 Å². The van der Waals surface area contributed by atoms with Gasteiger partial charge in [0.15, 0.2) is 0 Å². The van der Waals surface area contributed by atoms with Gasteiger partial charge in [-0.25, -0.2) is 8.78 Å². The summed E-state index contributed by atoms with van der Waals surface area (Å²) in [6, 6.07) is 0.379. The van der Waals surface area contributed by atoms with Crippen LogP contribution < -0.4 is 5.32 Å². The molecule has 5 heteroatoms. The molecule has 0 heterocycles. The average Bonchev–Trinajstić information content (AvgIpc) is 2.39. The standard InChI is InChI=1S/C14H28F2N2S/c1-13(17-2)7-3-4-9-18-10-6-12-19-11-5-8-14(15)16/h13-14,18H,2-12H2,1H3. The van der Waals surface area contributed by atoms with E-state index in [-0.39, 0.29) is 6.42 Å². The maximum atomic E-state index is 11.9. The number of nitrogens with one attached hydrogen (secondary N) is 1. The quantitative estimate of drug-likeness (QED) is 0.387. The van der Waals surface area contributed by atoms with Gasteiger partial charge in [0.2, 0.25) is 6.43 Å². The topological polar surface area (TPSA) is 24.4 Å². The Morgan fingerprint density at radius 1 is 1.05 bits per heavy atom. The van der Waals surface area contributed by atoms with E-state index >= 15 is 0 Å². The smallest absolute Gasteiger partial charge is 0.238 e. The molecule has 0 amide bonds. The molecular formula is C14H28F2N2S. The van der Waals surface area contributed by atoms with Crippen molar-refractivity contribution in [2.45, 2.75) is 57.9 Å². The molecule has 0 aromatic carbocycles. The fourth-order valence-corrected chi connectivity index (χ4v) is 2.57. The van der Waals surface area contributed by atoms with Crippen LogP contribution in [-0.2, 0) is 0 Å². The largest absolute Gasteiger partial charge is 0.317 e. The fraction of sp³-hybridized carbons (Fsp3) is 0.929. The maximum Gasteiger partial charge on any atom is 0.238 e. The molecule has 0 aromatic heterocycles. The molecule has 0 aliphatic carbocycles. The maximum absolute atomic E-state index is 11.9. The molecule has 0 saturated heterocycles. The number of unbranched alkanes of at least 4 members (excludes halogenated alkanes) is 1. The molecule has 19 heavy (non-hydrogen) atoms. The van der Waals surface area contributed by atoms with E-state index in [0.29, 0.717) is 12.5 Å². The van der Waals surface area contributed by atoms with Crippen LogP contribution in [0.15, 0.2) is 4.99 Å². The van der Waals surface area contributed by atoms with Crippen molar-refractivity contribution >= 4 is 18.5 Å². The Kier molecular flexibility index (Phi) is 14.1. The molecule has 0 aliphatic rings. The van der Waals surface area contributed by atoms with Gasteiger partial charge in [-0.3, -0.25) is 4.99 Å². The number of hydrogen-bond donors (Lipinski definition) is 1. The molecule has 0 aliphatic heterocycles. The first-order chi connectivity index (χ1) is 9.16. The average molecular weight is 294 g/mol. The Morgan fingerprint density at radius 3 is 2.42 bits per heavy atom. The minimum atomic E-state index is -2.14. The lowest BCUT2D eigenvalue weighted by Gasteiger charge is -2.06. The van der Waals surface area contributed by atoms with Crippen LogP contribution in [0.4, 0.5) is 8.78 Å². The van der Waals surface area contributed by atoms with Crippen molar-refractivity contribution in [1.29, 1.82) is 0 Å². The molecule has 2 nitrogen and oxygen atoms in total. The summed E-state index contributed by atoms with van der Waals surface area (Å²) in [7, 11) is 0. The molecule has 1 N–H and O–H groups in total. The molecule has 0 saturated carbocycles. The molecule has 0 fully saturated rings. The summed E-state index contributed by atoms with van der Waals surface area (Å²) in [4.78, 5) is 3.96. The van der Waals surface area contributed by atoms with E-state index in [4.69, 9.17) is 0 Å². The summed E-state index contributed by atoms with van der Waals surface area (Å²) in [5, 5.41) is 3.41. The first-order valence-corrected chi connectivity index (χ1v) is 8.34. The van der Waals surface area contributed by atoms with Gasteiger partial charge in [-0.1, -0.05) is 6.42 Å². The number of nitrogens with zero attached hydrogens (tertiary/aromatic N) is 1. The normalized spacial score (nSPS) is 12.8. The van der Waals surface area contributed by atoms with Gasteiger partial charge < -0.3 is 5.32 Å². The minimum absolute atomic E-state index is 0.0449. The molecule has 0 spiro atoms. The summed E-state index contributed by atoms with van der Waals surface area (Å²) >= 11 is 1.78. The van der Waals surface area contributed by atoms with Gasteiger partial charge in [-0.05, 0) is 63.9 Å². The molecule has 0 aromatic rings. The summed E-state index contributed by atoms with van der Waals surface area (Å²) < 4.78 is 23.7. The van der Waals surface area contributed by atoms with Crippen molar-refractivity contribution in [3.63, 3.8) is 0 Å². The Morgan fingerprint density at radius 2 is 1.74 bits per heavy atom. The van der Waals surface area contributed by atoms with Crippen molar-refractivity contribution in [3.05, 3.63) is 0 Å². The van der Waals surface area contributed by atoms with Crippen molar-refractivity contribution in [1.82, 2.24) is 5.32 Å². The van der Waals surface area contributed by atoms with Crippen LogP contribution in [0.1, 0.15) is 45.4 Å².